The van der Waals surface area contributed by atoms with Crippen molar-refractivity contribution in [1.29, 1.82) is 0 Å². The summed E-state index contributed by atoms with van der Waals surface area (Å²) in [6, 6.07) is 3.15. The Morgan fingerprint density at radius 1 is 1.26 bits per heavy atom. The van der Waals surface area contributed by atoms with Gasteiger partial charge in [0, 0.05) is 5.69 Å². The number of hydrogen-bond acceptors (Lipinski definition) is 8. The van der Waals surface area contributed by atoms with Gasteiger partial charge in [0.2, 0.25) is 0 Å². The van der Waals surface area contributed by atoms with Crippen molar-refractivity contribution in [3.8, 4) is 5.75 Å². The lowest BCUT2D eigenvalue weighted by atomic mass is 9.98. The van der Waals surface area contributed by atoms with Crippen LogP contribution in [0.25, 0.3) is 0 Å². The fourth-order valence-corrected chi connectivity index (χ4v) is 2.20. The molecular formula is C13H17F2NO7. The molecule has 1 aliphatic heterocycles. The van der Waals surface area contributed by atoms with Crippen molar-refractivity contribution < 1.29 is 43.8 Å². The van der Waals surface area contributed by atoms with E-state index < -0.39 is 54.7 Å². The van der Waals surface area contributed by atoms with Gasteiger partial charge in [-0.15, -0.1) is 0 Å². The summed E-state index contributed by atoms with van der Waals surface area (Å²) in [5.41, 5.74) is 4.76. The molecule has 1 aliphatic rings. The zero-order chi connectivity index (χ0) is 17.4. The molecule has 1 heterocycles. The molecule has 130 valence electrons. The molecule has 8 nitrogen and oxygen atoms in total. The van der Waals surface area contributed by atoms with Crippen LogP contribution in [0.4, 0.5) is 14.5 Å². The van der Waals surface area contributed by atoms with E-state index in [9.17, 15) is 29.2 Å². The smallest absolute Gasteiger partial charge is 0.355 e. The Bertz CT molecular complexity index is 559. The number of aliphatic hydroxyl groups excluding tert-OH is 4. The maximum absolute atomic E-state index is 13.0. The number of benzene rings is 1. The van der Waals surface area contributed by atoms with Crippen molar-refractivity contribution in [1.82, 2.24) is 0 Å². The fourth-order valence-electron chi connectivity index (χ4n) is 2.20. The molecule has 0 spiro atoms. The lowest BCUT2D eigenvalue weighted by Crippen LogP contribution is -2.67. The minimum absolute atomic E-state index is 0.0217. The van der Waals surface area contributed by atoms with Crippen LogP contribution >= 0.6 is 0 Å². The van der Waals surface area contributed by atoms with Crippen LogP contribution in [0.3, 0.4) is 0 Å². The van der Waals surface area contributed by atoms with E-state index in [1.54, 1.807) is 0 Å². The van der Waals surface area contributed by atoms with Gasteiger partial charge in [-0.05, 0) is 18.2 Å². The summed E-state index contributed by atoms with van der Waals surface area (Å²) in [5.74, 6) is -3.50. The van der Waals surface area contributed by atoms with Crippen LogP contribution in [-0.4, -0.2) is 62.5 Å². The summed E-state index contributed by atoms with van der Waals surface area (Å²) in [4.78, 5) is 0. The minimum atomic E-state index is -3.00. The molecule has 0 amide bonds. The number of nitrogens with two attached hydrogens (primary N) is 1. The van der Waals surface area contributed by atoms with E-state index in [1.165, 1.54) is 6.07 Å². The number of alkyl halides is 2. The molecule has 0 aliphatic carbocycles. The van der Waals surface area contributed by atoms with Gasteiger partial charge < -0.3 is 40.7 Å². The first-order valence-electron chi connectivity index (χ1n) is 6.61. The molecule has 0 unspecified atom stereocenters. The van der Waals surface area contributed by atoms with Gasteiger partial charge in [-0.3, -0.25) is 0 Å². The van der Waals surface area contributed by atoms with Gasteiger partial charge in [0.15, 0.2) is 6.10 Å². The van der Waals surface area contributed by atoms with Gasteiger partial charge in [-0.2, -0.15) is 0 Å². The van der Waals surface area contributed by atoms with E-state index in [0.717, 1.165) is 12.1 Å². The molecule has 23 heavy (non-hydrogen) atoms. The van der Waals surface area contributed by atoms with Crippen LogP contribution < -0.4 is 10.5 Å². The van der Waals surface area contributed by atoms with Crippen molar-refractivity contribution in [3.63, 3.8) is 0 Å². The average Bonchev–Trinajstić information content (AvgIpc) is 2.50. The van der Waals surface area contributed by atoms with Crippen LogP contribution in [0.15, 0.2) is 18.2 Å². The van der Waals surface area contributed by atoms with Crippen molar-refractivity contribution >= 4 is 5.69 Å². The average molecular weight is 337 g/mol. The Balaban J connectivity index is 2.34. The highest BCUT2D eigenvalue weighted by Crippen LogP contribution is 2.36. The van der Waals surface area contributed by atoms with Crippen LogP contribution in [0.5, 0.6) is 5.75 Å². The monoisotopic (exact) mass is 337 g/mol. The van der Waals surface area contributed by atoms with E-state index in [0.29, 0.717) is 0 Å². The predicted molar refractivity (Wildman–Crippen MR) is 71.4 cm³/mol. The zero-order valence-corrected chi connectivity index (χ0v) is 11.7. The highest BCUT2D eigenvalue weighted by atomic mass is 19.3. The van der Waals surface area contributed by atoms with Crippen LogP contribution in [-0.2, 0) is 4.74 Å². The summed E-state index contributed by atoms with van der Waals surface area (Å²) in [7, 11) is 0. The topological polar surface area (TPSA) is 146 Å². The molecule has 0 bridgehead atoms. The number of rotatable bonds is 4. The maximum Gasteiger partial charge on any atom is 0.355 e. The summed E-state index contributed by atoms with van der Waals surface area (Å²) < 4.78 is 35.8. The second-order valence-corrected chi connectivity index (χ2v) is 5.10. The Morgan fingerprint density at radius 2 is 1.91 bits per heavy atom. The van der Waals surface area contributed by atoms with Gasteiger partial charge in [0.25, 0.3) is 6.43 Å². The third-order valence-corrected chi connectivity index (χ3v) is 3.45. The summed E-state index contributed by atoms with van der Waals surface area (Å²) in [5, 5.41) is 48.4. The molecule has 10 heteroatoms. The van der Waals surface area contributed by atoms with Gasteiger partial charge in [-0.25, -0.2) is 8.78 Å². The third-order valence-electron chi connectivity index (χ3n) is 3.45. The van der Waals surface area contributed by atoms with Gasteiger partial charge >= 0.3 is 5.97 Å². The summed E-state index contributed by atoms with van der Waals surface area (Å²) in [6.07, 6.45) is -10.3. The third kappa shape index (κ3) is 3.37. The highest BCUT2D eigenvalue weighted by molar-refractivity contribution is 5.48. The molecular weight excluding hydrogens is 320 g/mol. The first-order valence-corrected chi connectivity index (χ1v) is 6.61. The van der Waals surface area contributed by atoms with E-state index in [4.69, 9.17) is 20.3 Å². The van der Waals surface area contributed by atoms with Crippen molar-refractivity contribution in [2.45, 2.75) is 36.8 Å². The number of nitrogen functional groups attached to an aromatic ring is 1. The molecule has 0 radical (unpaired) electrons. The first-order chi connectivity index (χ1) is 10.7. The quantitative estimate of drug-likeness (QED) is 0.294. The molecule has 1 fully saturated rings. The Kier molecular flexibility index (Phi) is 5.04. The number of halogens is 2. The lowest BCUT2D eigenvalue weighted by molar-refractivity contribution is -0.422. The van der Waals surface area contributed by atoms with E-state index in [-0.39, 0.29) is 5.69 Å². The molecule has 2 rings (SSSR count). The molecule has 1 aromatic carbocycles. The van der Waals surface area contributed by atoms with Crippen molar-refractivity contribution in [2.75, 3.05) is 12.3 Å². The Labute approximate surface area is 129 Å². The molecule has 5 atom stereocenters. The summed E-state index contributed by atoms with van der Waals surface area (Å²) in [6.45, 7) is -0.819. The molecule has 0 aromatic heterocycles. The first kappa shape index (κ1) is 17.8. The highest BCUT2D eigenvalue weighted by Gasteiger charge is 2.55. The van der Waals surface area contributed by atoms with Crippen LogP contribution in [0.2, 0.25) is 0 Å². The predicted octanol–water partition coefficient (Wildman–Crippen LogP) is -1.29. The fraction of sp³-hybridized carbons (Fsp3) is 0.538. The van der Waals surface area contributed by atoms with Crippen LogP contribution in [0, 0.1) is 0 Å². The summed E-state index contributed by atoms with van der Waals surface area (Å²) >= 11 is 0. The number of ether oxygens (including phenoxy) is 2. The number of hydrogen-bond donors (Lipinski definition) is 6. The zero-order valence-electron chi connectivity index (χ0n) is 11.7. The Morgan fingerprint density at radius 3 is 2.48 bits per heavy atom. The maximum atomic E-state index is 13.0. The van der Waals surface area contributed by atoms with Gasteiger partial charge in [0.05, 0.1) is 12.2 Å². The number of anilines is 1. The standard InChI is InChI=1S/C13H17F2NO7/c14-12(15)6-3-5(16)1-2-7(6)22-13(21)11(20)10(19)9(18)8(4-17)23-13/h1-3,8-12,17-21H,4,16H2/t8-,9+,10+,11-,13-/m1/s1. The normalized spacial score (nSPS) is 34.6. The molecule has 1 aromatic rings. The lowest BCUT2D eigenvalue weighted by Gasteiger charge is -2.44. The van der Waals surface area contributed by atoms with E-state index >= 15 is 0 Å². The largest absolute Gasteiger partial charge is 0.437 e. The van der Waals surface area contributed by atoms with E-state index in [1.807, 2.05) is 0 Å². The molecule has 1 saturated heterocycles. The second-order valence-electron chi connectivity index (χ2n) is 5.10. The molecule has 0 saturated carbocycles. The van der Waals surface area contributed by atoms with Crippen molar-refractivity contribution in [3.05, 3.63) is 23.8 Å². The van der Waals surface area contributed by atoms with Gasteiger partial charge in [-0.1, -0.05) is 0 Å². The SMILES string of the molecule is Nc1ccc(O[C@@]2(O)O[C@H](CO)[C@H](O)[C@H](O)[C@H]2O)c(C(F)F)c1. The van der Waals surface area contributed by atoms with Crippen molar-refractivity contribution in [2.24, 2.45) is 0 Å². The minimum Gasteiger partial charge on any atom is -0.437 e. The Hall–Kier alpha value is -1.56. The van der Waals surface area contributed by atoms with Gasteiger partial charge in [0.1, 0.15) is 24.1 Å². The number of aliphatic hydroxyl groups is 5. The second kappa shape index (κ2) is 6.51. The van der Waals surface area contributed by atoms with E-state index in [2.05, 4.69) is 0 Å². The van der Waals surface area contributed by atoms with Crippen LogP contribution in [0.1, 0.15) is 12.0 Å². The molecule has 7 N–H and O–H groups in total.